The van der Waals surface area contributed by atoms with Crippen LogP contribution in [0, 0.1) is 6.92 Å². The maximum absolute atomic E-state index is 13.0. The van der Waals surface area contributed by atoms with Crippen LogP contribution < -0.4 is 5.32 Å². The van der Waals surface area contributed by atoms with Gasteiger partial charge in [0.25, 0.3) is 6.43 Å². The Kier molecular flexibility index (Phi) is 5.43. The summed E-state index contributed by atoms with van der Waals surface area (Å²) in [5.74, 6) is 0.968. The number of aliphatic hydroxyl groups is 1. The van der Waals surface area contributed by atoms with Crippen molar-refractivity contribution >= 4 is 28.3 Å². The van der Waals surface area contributed by atoms with Gasteiger partial charge in [0.05, 0.1) is 24.0 Å². The fourth-order valence-corrected chi connectivity index (χ4v) is 4.51. The molecule has 0 atom stereocenters. The van der Waals surface area contributed by atoms with Gasteiger partial charge in [-0.3, -0.25) is 0 Å². The molecule has 1 aliphatic rings. The van der Waals surface area contributed by atoms with Crippen molar-refractivity contribution in [1.82, 2.24) is 34.5 Å². The fourth-order valence-electron chi connectivity index (χ4n) is 4.51. The van der Waals surface area contributed by atoms with Crippen LogP contribution in [-0.4, -0.2) is 57.6 Å². The lowest BCUT2D eigenvalue weighted by Crippen LogP contribution is -2.38. The number of halogens is 2. The van der Waals surface area contributed by atoms with E-state index in [0.717, 1.165) is 43.1 Å². The molecule has 1 saturated carbocycles. The van der Waals surface area contributed by atoms with Gasteiger partial charge in [-0.15, -0.1) is 0 Å². The zero-order valence-corrected chi connectivity index (χ0v) is 18.5. The Hall–Kier alpha value is -3.21. The van der Waals surface area contributed by atoms with Crippen molar-refractivity contribution in [3.8, 4) is 11.3 Å². The van der Waals surface area contributed by atoms with E-state index in [9.17, 15) is 13.9 Å². The summed E-state index contributed by atoms with van der Waals surface area (Å²) in [5, 5.41) is 14.6. The number of aryl methyl sites for hydroxylation is 1. The van der Waals surface area contributed by atoms with Crippen molar-refractivity contribution in [2.75, 3.05) is 5.32 Å². The standard InChI is InChI=1S/C22H26F2N8O/c1-3-22(33)6-4-13(5-7-22)29-21-27-9-15-14(8-25-18(15)31-21)16-10-26-19-20(30-16)32(11-17(23)24)12(2)28-19/h8-10,13,17,33H,3-7,11H2,1-2H3,(H2,25,27,29,31). The van der Waals surface area contributed by atoms with E-state index in [2.05, 4.69) is 35.2 Å². The maximum atomic E-state index is 13.0. The van der Waals surface area contributed by atoms with Crippen molar-refractivity contribution in [3.63, 3.8) is 0 Å². The first kappa shape index (κ1) is 21.6. The third-order valence-electron chi connectivity index (χ3n) is 6.59. The number of hydrogen-bond donors (Lipinski definition) is 3. The highest BCUT2D eigenvalue weighted by atomic mass is 19.3. The Labute approximate surface area is 188 Å². The third kappa shape index (κ3) is 4.12. The fraction of sp³-hybridized carbons (Fsp3) is 0.500. The van der Waals surface area contributed by atoms with Gasteiger partial charge in [0, 0.05) is 29.4 Å². The molecule has 0 saturated heterocycles. The van der Waals surface area contributed by atoms with Crippen LogP contribution in [0.15, 0.2) is 18.6 Å². The summed E-state index contributed by atoms with van der Waals surface area (Å²) in [7, 11) is 0. The second-order valence-electron chi connectivity index (χ2n) is 8.72. The summed E-state index contributed by atoms with van der Waals surface area (Å²) in [6.45, 7) is 3.20. The zero-order chi connectivity index (χ0) is 23.2. The molecule has 0 unspecified atom stereocenters. The molecule has 5 rings (SSSR count). The van der Waals surface area contributed by atoms with Gasteiger partial charge in [-0.2, -0.15) is 4.98 Å². The van der Waals surface area contributed by atoms with E-state index in [1.807, 2.05) is 6.92 Å². The van der Waals surface area contributed by atoms with Crippen LogP contribution >= 0.6 is 0 Å². The molecule has 3 N–H and O–H groups in total. The number of H-pyrrole nitrogens is 1. The molecule has 9 nitrogen and oxygen atoms in total. The van der Waals surface area contributed by atoms with E-state index < -0.39 is 18.6 Å². The van der Waals surface area contributed by atoms with Crippen molar-refractivity contribution in [2.45, 2.75) is 70.6 Å². The SMILES string of the molecule is CCC1(O)CCC(Nc2ncc3c(-c4cnc5nc(C)n(CC(F)F)c5n4)c[nH]c3n2)CC1. The Bertz CT molecular complexity index is 1290. The van der Waals surface area contributed by atoms with Crippen molar-refractivity contribution in [1.29, 1.82) is 0 Å². The smallest absolute Gasteiger partial charge is 0.256 e. The number of aromatic nitrogens is 7. The van der Waals surface area contributed by atoms with Crippen molar-refractivity contribution in [3.05, 3.63) is 24.4 Å². The number of alkyl halides is 2. The lowest BCUT2D eigenvalue weighted by atomic mass is 9.80. The van der Waals surface area contributed by atoms with Gasteiger partial charge in [0.15, 0.2) is 11.3 Å². The van der Waals surface area contributed by atoms with Crippen LogP contribution in [0.1, 0.15) is 44.9 Å². The first-order valence-corrected chi connectivity index (χ1v) is 11.2. The van der Waals surface area contributed by atoms with Gasteiger partial charge in [0.1, 0.15) is 11.5 Å². The number of imidazole rings is 1. The molecule has 0 amide bonds. The summed E-state index contributed by atoms with van der Waals surface area (Å²) in [5.41, 5.74) is 2.01. The molecule has 0 aliphatic heterocycles. The van der Waals surface area contributed by atoms with Gasteiger partial charge in [0.2, 0.25) is 5.95 Å². The zero-order valence-electron chi connectivity index (χ0n) is 18.5. The lowest BCUT2D eigenvalue weighted by Gasteiger charge is -2.35. The number of anilines is 1. The number of nitrogens with one attached hydrogen (secondary N) is 2. The molecule has 4 heterocycles. The average Bonchev–Trinajstić information content (AvgIpc) is 3.35. The van der Waals surface area contributed by atoms with Crippen LogP contribution in [0.4, 0.5) is 14.7 Å². The van der Waals surface area contributed by atoms with Gasteiger partial charge >= 0.3 is 0 Å². The molecule has 1 aliphatic carbocycles. The highest BCUT2D eigenvalue weighted by molar-refractivity contribution is 5.93. The predicted octanol–water partition coefficient (Wildman–Crippen LogP) is 3.83. The minimum atomic E-state index is -2.51. The van der Waals surface area contributed by atoms with Gasteiger partial charge in [-0.1, -0.05) is 6.92 Å². The average molecular weight is 457 g/mol. The van der Waals surface area contributed by atoms with Crippen LogP contribution in [0.5, 0.6) is 0 Å². The molecular formula is C22H26F2N8O. The maximum Gasteiger partial charge on any atom is 0.256 e. The minimum Gasteiger partial charge on any atom is -0.390 e. The monoisotopic (exact) mass is 456 g/mol. The molecule has 4 aromatic rings. The minimum absolute atomic E-state index is 0.218. The van der Waals surface area contributed by atoms with E-state index in [1.54, 1.807) is 25.5 Å². The molecule has 4 aromatic heterocycles. The molecule has 0 aromatic carbocycles. The molecule has 33 heavy (non-hydrogen) atoms. The molecule has 0 bridgehead atoms. The Morgan fingerprint density at radius 2 is 2.00 bits per heavy atom. The highest BCUT2D eigenvalue weighted by Gasteiger charge is 2.31. The van der Waals surface area contributed by atoms with E-state index in [4.69, 9.17) is 0 Å². The molecule has 174 valence electrons. The van der Waals surface area contributed by atoms with Gasteiger partial charge < -0.3 is 20.0 Å². The first-order valence-electron chi connectivity index (χ1n) is 11.2. The second kappa shape index (κ2) is 8.29. The Balaban J connectivity index is 1.40. The quantitative estimate of drug-likeness (QED) is 0.404. The van der Waals surface area contributed by atoms with E-state index in [0.29, 0.717) is 34.4 Å². The van der Waals surface area contributed by atoms with E-state index in [1.165, 1.54) is 4.57 Å². The molecule has 0 radical (unpaired) electrons. The second-order valence-corrected chi connectivity index (χ2v) is 8.72. The number of rotatable bonds is 6. The molecular weight excluding hydrogens is 430 g/mol. The van der Waals surface area contributed by atoms with Crippen LogP contribution in [0.3, 0.4) is 0 Å². The third-order valence-corrected chi connectivity index (χ3v) is 6.59. The summed E-state index contributed by atoms with van der Waals surface area (Å²) in [6.07, 6.45) is 6.57. The highest BCUT2D eigenvalue weighted by Crippen LogP contribution is 2.32. The molecule has 11 heteroatoms. The molecule has 1 fully saturated rings. The Morgan fingerprint density at radius 3 is 2.73 bits per heavy atom. The summed E-state index contributed by atoms with van der Waals surface area (Å²) in [4.78, 5) is 25.3. The molecule has 0 spiro atoms. The number of fused-ring (bicyclic) bond motifs is 2. The van der Waals surface area contributed by atoms with E-state index in [-0.39, 0.29) is 6.04 Å². The summed E-state index contributed by atoms with van der Waals surface area (Å²) in [6, 6.07) is 0.218. The van der Waals surface area contributed by atoms with Gasteiger partial charge in [-0.05, 0) is 39.0 Å². The number of hydrogen-bond acceptors (Lipinski definition) is 7. The van der Waals surface area contributed by atoms with Crippen LogP contribution in [-0.2, 0) is 6.54 Å². The summed E-state index contributed by atoms with van der Waals surface area (Å²) >= 11 is 0. The van der Waals surface area contributed by atoms with E-state index >= 15 is 0 Å². The number of aromatic amines is 1. The topological polar surface area (TPSA) is 117 Å². The first-order chi connectivity index (χ1) is 15.8. The normalized spacial score (nSPS) is 21.3. The lowest BCUT2D eigenvalue weighted by molar-refractivity contribution is -0.00198. The van der Waals surface area contributed by atoms with Crippen LogP contribution in [0.2, 0.25) is 0 Å². The van der Waals surface area contributed by atoms with Gasteiger partial charge in [-0.25, -0.2) is 28.7 Å². The van der Waals surface area contributed by atoms with Crippen molar-refractivity contribution < 1.29 is 13.9 Å². The predicted molar refractivity (Wildman–Crippen MR) is 120 cm³/mol. The largest absolute Gasteiger partial charge is 0.390 e. The van der Waals surface area contributed by atoms with Crippen molar-refractivity contribution in [2.24, 2.45) is 0 Å². The number of nitrogens with zero attached hydrogens (tertiary/aromatic N) is 6. The Morgan fingerprint density at radius 1 is 1.21 bits per heavy atom. The summed E-state index contributed by atoms with van der Waals surface area (Å²) < 4.78 is 27.4. The van der Waals surface area contributed by atoms with Crippen LogP contribution in [0.25, 0.3) is 33.6 Å².